The second-order valence-electron chi connectivity index (χ2n) is 0.819. The molecular weight excluding hydrogens is 119 g/mol. The Labute approximate surface area is 44.9 Å². The van der Waals surface area contributed by atoms with E-state index in [-0.39, 0.29) is 0 Å². The van der Waals surface area contributed by atoms with E-state index in [0.29, 0.717) is 0 Å². The molecule has 4 heteroatoms. The summed E-state index contributed by atoms with van der Waals surface area (Å²) in [5, 5.41) is 6.27. The molecule has 0 saturated carbocycles. The first kappa shape index (κ1) is 6.43. The first-order valence-corrected chi connectivity index (χ1v) is 1.86. The van der Waals surface area contributed by atoms with Crippen LogP contribution in [-0.4, -0.2) is 22.7 Å². The molecule has 1 atom stereocenters. The molecule has 0 rings (SSSR count). The zero-order valence-electron chi connectivity index (χ0n) is 3.22. The van der Waals surface area contributed by atoms with E-state index in [0.717, 1.165) is 6.29 Å². The van der Waals surface area contributed by atoms with Crippen LogP contribution in [0.5, 0.6) is 0 Å². The summed E-state index contributed by atoms with van der Waals surface area (Å²) >= 11 is 4.78. The van der Waals surface area contributed by atoms with Crippen molar-refractivity contribution in [2.75, 3.05) is 0 Å². The summed E-state index contributed by atoms with van der Waals surface area (Å²) in [5.74, 6) is -1.36. The molecule has 0 amide bonds. The van der Waals surface area contributed by atoms with Crippen LogP contribution in [0.25, 0.3) is 0 Å². The van der Waals surface area contributed by atoms with Gasteiger partial charge in [0.25, 0.3) is 0 Å². The fourth-order valence-electron chi connectivity index (χ4n) is 0.0504. The highest BCUT2D eigenvalue weighted by Crippen LogP contribution is 1.87. The summed E-state index contributed by atoms with van der Waals surface area (Å²) in [6.45, 7) is 0. The standard InChI is InChI=1S/C3H2ClO3/c4-2(1-5)3(6)7/h2H,(H,6,7). The Bertz CT molecular complexity index is 90.2. The minimum atomic E-state index is -1.51. The summed E-state index contributed by atoms with van der Waals surface area (Å²) in [7, 11) is 0. The summed E-state index contributed by atoms with van der Waals surface area (Å²) in [6.07, 6.45) is 1.08. The van der Waals surface area contributed by atoms with E-state index in [4.69, 9.17) is 16.7 Å². The lowest BCUT2D eigenvalue weighted by Crippen LogP contribution is -2.13. The average molecular weight is 121 g/mol. The van der Waals surface area contributed by atoms with Crippen molar-refractivity contribution in [2.24, 2.45) is 0 Å². The molecule has 39 valence electrons. The van der Waals surface area contributed by atoms with Crippen molar-refractivity contribution in [2.45, 2.75) is 5.38 Å². The van der Waals surface area contributed by atoms with E-state index < -0.39 is 11.3 Å². The van der Waals surface area contributed by atoms with Gasteiger partial charge in [0.15, 0.2) is 5.38 Å². The molecule has 1 radical (unpaired) electrons. The molecule has 1 N–H and O–H groups in total. The molecule has 7 heavy (non-hydrogen) atoms. The van der Waals surface area contributed by atoms with E-state index in [1.807, 2.05) is 0 Å². The molecule has 0 aromatic carbocycles. The maximum atomic E-state index is 9.54. The predicted octanol–water partition coefficient (Wildman–Crippen LogP) is -0.212. The predicted molar refractivity (Wildman–Crippen MR) is 23.0 cm³/mol. The van der Waals surface area contributed by atoms with Gasteiger partial charge in [0.1, 0.15) is 0 Å². The first-order chi connectivity index (χ1) is 3.18. The zero-order chi connectivity index (χ0) is 5.86. The van der Waals surface area contributed by atoms with Crippen LogP contribution in [0.3, 0.4) is 0 Å². The van der Waals surface area contributed by atoms with Gasteiger partial charge in [0.2, 0.25) is 6.29 Å². The largest absolute Gasteiger partial charge is 0.480 e. The molecule has 0 fully saturated rings. The van der Waals surface area contributed by atoms with E-state index >= 15 is 0 Å². The van der Waals surface area contributed by atoms with Crippen LogP contribution in [0.2, 0.25) is 0 Å². The second kappa shape index (κ2) is 2.58. The minimum absolute atomic E-state index is 1.08. The third kappa shape index (κ3) is 2.17. The van der Waals surface area contributed by atoms with Gasteiger partial charge in [-0.15, -0.1) is 11.6 Å². The highest BCUT2D eigenvalue weighted by Gasteiger charge is 2.11. The summed E-state index contributed by atoms with van der Waals surface area (Å²) in [4.78, 5) is 18.8. The second-order valence-corrected chi connectivity index (χ2v) is 1.26. The van der Waals surface area contributed by atoms with Gasteiger partial charge in [-0.3, -0.25) is 9.59 Å². The Balaban J connectivity index is 3.55. The number of carboxylic acid groups (broad SMARTS) is 1. The van der Waals surface area contributed by atoms with E-state index in [9.17, 15) is 9.59 Å². The molecule has 0 spiro atoms. The lowest BCUT2D eigenvalue weighted by Gasteiger charge is -1.84. The van der Waals surface area contributed by atoms with Crippen molar-refractivity contribution in [3.63, 3.8) is 0 Å². The summed E-state index contributed by atoms with van der Waals surface area (Å²) < 4.78 is 0. The fourth-order valence-corrected chi connectivity index (χ4v) is 0.0504. The number of carboxylic acids is 1. The van der Waals surface area contributed by atoms with Gasteiger partial charge in [0.05, 0.1) is 0 Å². The number of carbonyl (C=O) groups excluding carboxylic acids is 1. The van der Waals surface area contributed by atoms with Gasteiger partial charge in [-0.1, -0.05) is 0 Å². The van der Waals surface area contributed by atoms with E-state index in [1.165, 1.54) is 0 Å². The fraction of sp³-hybridized carbons (Fsp3) is 0.333. The van der Waals surface area contributed by atoms with Crippen LogP contribution >= 0.6 is 11.6 Å². The van der Waals surface area contributed by atoms with E-state index in [2.05, 4.69) is 0 Å². The van der Waals surface area contributed by atoms with Gasteiger partial charge >= 0.3 is 5.97 Å². The van der Waals surface area contributed by atoms with Crippen molar-refractivity contribution in [3.8, 4) is 0 Å². The van der Waals surface area contributed by atoms with Gasteiger partial charge in [-0.05, 0) is 0 Å². The van der Waals surface area contributed by atoms with Gasteiger partial charge < -0.3 is 5.11 Å². The minimum Gasteiger partial charge on any atom is -0.480 e. The maximum absolute atomic E-state index is 9.54. The van der Waals surface area contributed by atoms with Gasteiger partial charge in [-0.2, -0.15) is 0 Å². The smallest absolute Gasteiger partial charge is 0.329 e. The molecule has 1 unspecified atom stereocenters. The number of alkyl halides is 1. The van der Waals surface area contributed by atoms with Crippen molar-refractivity contribution >= 4 is 23.9 Å². The average Bonchev–Trinajstić information content (AvgIpc) is 1.65. The number of carbonyl (C=O) groups is 1. The molecule has 0 aliphatic carbocycles. The number of halogens is 1. The molecule has 0 saturated heterocycles. The van der Waals surface area contributed by atoms with Crippen LogP contribution in [0, 0.1) is 0 Å². The third-order valence-electron chi connectivity index (χ3n) is 0.320. The Morgan fingerprint density at radius 3 is 2.29 bits per heavy atom. The van der Waals surface area contributed by atoms with Crippen molar-refractivity contribution in [1.29, 1.82) is 0 Å². The molecule has 0 aliphatic heterocycles. The topological polar surface area (TPSA) is 54.4 Å². The lowest BCUT2D eigenvalue weighted by atomic mass is 10.5. The lowest BCUT2D eigenvalue weighted by molar-refractivity contribution is -0.135. The van der Waals surface area contributed by atoms with Crippen LogP contribution < -0.4 is 0 Å². The van der Waals surface area contributed by atoms with E-state index in [1.54, 1.807) is 0 Å². The van der Waals surface area contributed by atoms with Gasteiger partial charge in [0, 0.05) is 0 Å². The van der Waals surface area contributed by atoms with Crippen molar-refractivity contribution < 1.29 is 14.7 Å². The number of hydrogen-bond acceptors (Lipinski definition) is 2. The van der Waals surface area contributed by atoms with Crippen molar-refractivity contribution in [3.05, 3.63) is 0 Å². The van der Waals surface area contributed by atoms with Crippen LogP contribution in [0.4, 0.5) is 0 Å². The number of aliphatic carboxylic acids is 1. The quantitative estimate of drug-likeness (QED) is 0.406. The summed E-state index contributed by atoms with van der Waals surface area (Å²) in [5.41, 5.74) is 0. The number of rotatable bonds is 2. The Kier molecular flexibility index (Phi) is 2.37. The Morgan fingerprint density at radius 2 is 2.29 bits per heavy atom. The normalized spacial score (nSPS) is 12.7. The molecule has 0 aromatic rings. The highest BCUT2D eigenvalue weighted by atomic mass is 35.5. The first-order valence-electron chi connectivity index (χ1n) is 1.43. The SMILES string of the molecule is O=[C]C(Cl)C(=O)O. The summed E-state index contributed by atoms with van der Waals surface area (Å²) in [6, 6.07) is 0. The molecule has 0 heterocycles. The monoisotopic (exact) mass is 121 g/mol. The van der Waals surface area contributed by atoms with Crippen molar-refractivity contribution in [1.82, 2.24) is 0 Å². The Hall–Kier alpha value is -0.570. The van der Waals surface area contributed by atoms with Crippen LogP contribution in [-0.2, 0) is 9.59 Å². The van der Waals surface area contributed by atoms with Gasteiger partial charge in [-0.25, -0.2) is 0 Å². The van der Waals surface area contributed by atoms with Crippen LogP contribution in [0.1, 0.15) is 0 Å². The molecule has 0 aromatic heterocycles. The Morgan fingerprint density at radius 1 is 1.86 bits per heavy atom. The molecule has 3 nitrogen and oxygen atoms in total. The third-order valence-corrected chi connectivity index (χ3v) is 0.596. The zero-order valence-corrected chi connectivity index (χ0v) is 3.97. The molecule has 0 aliphatic rings. The maximum Gasteiger partial charge on any atom is 0.329 e. The molecule has 0 bridgehead atoms. The van der Waals surface area contributed by atoms with Crippen LogP contribution in [0.15, 0.2) is 0 Å². The molecular formula is C3H2ClO3. The highest BCUT2D eigenvalue weighted by molar-refractivity contribution is 6.37. The number of hydrogen-bond donors (Lipinski definition) is 1.